The molecule has 0 saturated heterocycles. The van der Waals surface area contributed by atoms with E-state index in [-0.39, 0.29) is 37.7 Å². The fraction of sp³-hybridized carbons (Fsp3) is 0.391. The van der Waals surface area contributed by atoms with Crippen LogP contribution in [0.4, 0.5) is 10.1 Å². The minimum Gasteiger partial charge on any atom is -0.357 e. The van der Waals surface area contributed by atoms with E-state index in [1.165, 1.54) is 22.3 Å². The van der Waals surface area contributed by atoms with E-state index in [0.717, 1.165) is 11.8 Å². The van der Waals surface area contributed by atoms with Gasteiger partial charge in [-0.05, 0) is 44.0 Å². The molecule has 7 nitrogen and oxygen atoms in total. The molecule has 0 aromatic heterocycles. The third-order valence-corrected chi connectivity index (χ3v) is 6.35. The number of sulfonamides is 1. The smallest absolute Gasteiger partial charge is 0.242 e. The predicted octanol–water partition coefficient (Wildman–Crippen LogP) is 2.84. The van der Waals surface area contributed by atoms with Crippen molar-refractivity contribution in [2.75, 3.05) is 24.2 Å². The second-order valence-electron chi connectivity index (χ2n) is 7.68. The van der Waals surface area contributed by atoms with Crippen molar-refractivity contribution in [3.63, 3.8) is 0 Å². The monoisotopic (exact) mass is 463 g/mol. The Morgan fingerprint density at radius 3 is 2.41 bits per heavy atom. The zero-order valence-electron chi connectivity index (χ0n) is 18.8. The lowest BCUT2D eigenvalue weighted by Crippen LogP contribution is -2.47. The Kier molecular flexibility index (Phi) is 8.77. The van der Waals surface area contributed by atoms with Crippen molar-refractivity contribution in [2.45, 2.75) is 39.3 Å². The number of carbonyl (C=O) groups excluding carboxylic acids is 2. The van der Waals surface area contributed by atoms with Gasteiger partial charge in [-0.1, -0.05) is 30.3 Å². The third-order valence-electron chi connectivity index (χ3n) is 5.15. The number of likely N-dealkylation sites (N-methyl/N-ethyl adjacent to an activating group) is 1. The number of benzene rings is 2. The molecule has 0 radical (unpaired) electrons. The lowest BCUT2D eigenvalue weighted by atomic mass is 10.1. The summed E-state index contributed by atoms with van der Waals surface area (Å²) < 4.78 is 40.0. The van der Waals surface area contributed by atoms with E-state index < -0.39 is 21.9 Å². The maximum Gasteiger partial charge on any atom is 0.242 e. The molecule has 0 aliphatic heterocycles. The van der Waals surface area contributed by atoms with Crippen LogP contribution < -0.4 is 9.62 Å². The number of halogens is 1. The number of amides is 2. The number of hydrogen-bond acceptors (Lipinski definition) is 4. The lowest BCUT2D eigenvalue weighted by Gasteiger charge is -2.29. The molecule has 2 rings (SSSR count). The van der Waals surface area contributed by atoms with Gasteiger partial charge in [-0.15, -0.1) is 0 Å². The molecule has 0 spiro atoms. The summed E-state index contributed by atoms with van der Waals surface area (Å²) in [6.07, 6.45) is 1.37. The van der Waals surface area contributed by atoms with Gasteiger partial charge in [-0.2, -0.15) is 0 Å². The van der Waals surface area contributed by atoms with Crippen LogP contribution >= 0.6 is 0 Å². The highest BCUT2D eigenvalue weighted by molar-refractivity contribution is 7.92. The number of carbonyl (C=O) groups is 2. The first-order valence-corrected chi connectivity index (χ1v) is 12.2. The Balaban J connectivity index is 2.15. The van der Waals surface area contributed by atoms with E-state index in [0.29, 0.717) is 11.3 Å². The molecular weight excluding hydrogens is 433 g/mol. The van der Waals surface area contributed by atoms with Gasteiger partial charge in [0.05, 0.1) is 11.9 Å². The van der Waals surface area contributed by atoms with E-state index in [4.69, 9.17) is 0 Å². The molecular formula is C23H30FN3O4S. The van der Waals surface area contributed by atoms with Crippen molar-refractivity contribution < 1.29 is 22.4 Å². The summed E-state index contributed by atoms with van der Waals surface area (Å²) >= 11 is 0. The Labute approximate surface area is 189 Å². The van der Waals surface area contributed by atoms with Crippen LogP contribution in [0.2, 0.25) is 0 Å². The average Bonchev–Trinajstić information content (AvgIpc) is 2.74. The molecule has 32 heavy (non-hydrogen) atoms. The number of nitrogens with one attached hydrogen (secondary N) is 1. The molecule has 0 bridgehead atoms. The van der Waals surface area contributed by atoms with Crippen molar-refractivity contribution in [2.24, 2.45) is 0 Å². The molecule has 0 aliphatic rings. The van der Waals surface area contributed by atoms with Gasteiger partial charge in [0.25, 0.3) is 0 Å². The van der Waals surface area contributed by atoms with Gasteiger partial charge in [0, 0.05) is 32.1 Å². The quantitative estimate of drug-likeness (QED) is 0.587. The fourth-order valence-corrected chi connectivity index (χ4v) is 4.35. The van der Waals surface area contributed by atoms with Crippen LogP contribution in [0.25, 0.3) is 0 Å². The minimum atomic E-state index is -3.55. The van der Waals surface area contributed by atoms with Crippen LogP contribution in [0, 0.1) is 12.7 Å². The SMILES string of the molecule is CNC(=O)C(C)N(Cc1ccccc1F)C(=O)CCCN(c1cccc(C)c1)S(C)(=O)=O. The Morgan fingerprint density at radius 1 is 1.12 bits per heavy atom. The van der Waals surface area contributed by atoms with Crippen molar-refractivity contribution in [3.05, 3.63) is 65.5 Å². The van der Waals surface area contributed by atoms with Crippen molar-refractivity contribution in [3.8, 4) is 0 Å². The second kappa shape index (κ2) is 11.1. The largest absolute Gasteiger partial charge is 0.357 e. The van der Waals surface area contributed by atoms with Crippen LogP contribution in [-0.4, -0.2) is 51.0 Å². The summed E-state index contributed by atoms with van der Waals surface area (Å²) in [7, 11) is -2.08. The number of hydrogen-bond donors (Lipinski definition) is 1. The molecule has 0 aliphatic carbocycles. The summed E-state index contributed by atoms with van der Waals surface area (Å²) in [5.74, 6) is -1.19. The van der Waals surface area contributed by atoms with Crippen molar-refractivity contribution >= 4 is 27.5 Å². The van der Waals surface area contributed by atoms with Crippen molar-refractivity contribution in [1.82, 2.24) is 10.2 Å². The van der Waals surface area contributed by atoms with Crippen LogP contribution in [0.3, 0.4) is 0 Å². The number of anilines is 1. The molecule has 2 amide bonds. The molecule has 2 aromatic rings. The summed E-state index contributed by atoms with van der Waals surface area (Å²) in [5.41, 5.74) is 1.75. The van der Waals surface area contributed by atoms with E-state index in [1.807, 2.05) is 13.0 Å². The normalized spacial score (nSPS) is 12.2. The highest BCUT2D eigenvalue weighted by Crippen LogP contribution is 2.20. The van der Waals surface area contributed by atoms with Gasteiger partial charge in [0.1, 0.15) is 11.9 Å². The summed E-state index contributed by atoms with van der Waals surface area (Å²) in [6, 6.07) is 12.4. The minimum absolute atomic E-state index is 0.00756. The van der Waals surface area contributed by atoms with E-state index in [9.17, 15) is 22.4 Å². The standard InChI is InChI=1S/C23H30FN3O4S/c1-17-9-7-11-20(15-17)27(32(4,30)31)14-8-13-22(28)26(18(2)23(29)25-3)16-19-10-5-6-12-21(19)24/h5-7,9-12,15,18H,8,13-14,16H2,1-4H3,(H,25,29). The van der Waals surface area contributed by atoms with Crippen LogP contribution in [0.5, 0.6) is 0 Å². The van der Waals surface area contributed by atoms with Crippen molar-refractivity contribution in [1.29, 1.82) is 0 Å². The summed E-state index contributed by atoms with van der Waals surface area (Å²) in [4.78, 5) is 26.5. The van der Waals surface area contributed by atoms with Crippen LogP contribution in [0.1, 0.15) is 30.9 Å². The van der Waals surface area contributed by atoms with Gasteiger partial charge in [-0.3, -0.25) is 13.9 Å². The van der Waals surface area contributed by atoms with Gasteiger partial charge in [-0.25, -0.2) is 12.8 Å². The fourth-order valence-electron chi connectivity index (χ4n) is 3.39. The topological polar surface area (TPSA) is 86.8 Å². The average molecular weight is 464 g/mol. The number of nitrogens with zero attached hydrogens (tertiary/aromatic N) is 2. The van der Waals surface area contributed by atoms with E-state index in [2.05, 4.69) is 5.32 Å². The number of aryl methyl sites for hydroxylation is 1. The first kappa shape index (κ1) is 25.3. The zero-order chi connectivity index (χ0) is 23.9. The Morgan fingerprint density at radius 2 is 1.81 bits per heavy atom. The molecule has 0 fully saturated rings. The highest BCUT2D eigenvalue weighted by atomic mass is 32.2. The molecule has 1 N–H and O–H groups in total. The first-order chi connectivity index (χ1) is 15.0. The third kappa shape index (κ3) is 6.78. The Hall–Kier alpha value is -2.94. The molecule has 1 unspecified atom stereocenters. The number of rotatable bonds is 10. The molecule has 0 heterocycles. The Bertz CT molecular complexity index is 1060. The van der Waals surface area contributed by atoms with E-state index in [1.54, 1.807) is 43.3 Å². The molecule has 1 atom stereocenters. The molecule has 9 heteroatoms. The van der Waals surface area contributed by atoms with Gasteiger partial charge in [0.2, 0.25) is 21.8 Å². The highest BCUT2D eigenvalue weighted by Gasteiger charge is 2.26. The molecule has 0 saturated carbocycles. The predicted molar refractivity (Wildman–Crippen MR) is 123 cm³/mol. The molecule has 174 valence electrons. The van der Waals surface area contributed by atoms with Crippen LogP contribution in [0.15, 0.2) is 48.5 Å². The van der Waals surface area contributed by atoms with E-state index >= 15 is 0 Å². The first-order valence-electron chi connectivity index (χ1n) is 10.3. The van der Waals surface area contributed by atoms with Gasteiger partial charge < -0.3 is 10.2 Å². The van der Waals surface area contributed by atoms with Crippen LogP contribution in [-0.2, 0) is 26.2 Å². The molecule has 2 aromatic carbocycles. The summed E-state index contributed by atoms with van der Waals surface area (Å²) in [5, 5.41) is 2.51. The maximum atomic E-state index is 14.2. The lowest BCUT2D eigenvalue weighted by molar-refractivity contribution is -0.140. The second-order valence-corrected chi connectivity index (χ2v) is 9.59. The maximum absolute atomic E-state index is 14.2. The van der Waals surface area contributed by atoms with Gasteiger partial charge in [0.15, 0.2) is 0 Å². The van der Waals surface area contributed by atoms with Gasteiger partial charge >= 0.3 is 0 Å². The zero-order valence-corrected chi connectivity index (χ0v) is 19.7. The summed E-state index contributed by atoms with van der Waals surface area (Å²) in [6.45, 7) is 3.49.